The molecule has 1 aliphatic heterocycles. The number of nitrogens with zero attached hydrogens (tertiary/aromatic N) is 4. The number of H-pyrrole nitrogens is 1. The number of nitrogens with one attached hydrogen (secondary N) is 2. The number of aromatic amines is 1. The first kappa shape index (κ1) is 17.0. The highest BCUT2D eigenvalue weighted by Gasteiger charge is 2.21. The Morgan fingerprint density at radius 1 is 1.31 bits per heavy atom. The van der Waals surface area contributed by atoms with E-state index in [-0.39, 0.29) is 0 Å². The molecule has 1 aliphatic rings. The lowest BCUT2D eigenvalue weighted by atomic mass is 10.1. The molecular weight excluding hydrogens is 324 g/mol. The van der Waals surface area contributed by atoms with Gasteiger partial charge in [0.15, 0.2) is 0 Å². The zero-order valence-corrected chi connectivity index (χ0v) is 15.1. The standard InChI is InChI=1S/C20H26N6/c1-2-7-21-11-16-5-8-25(13-16)9-6-17-12-22-20-4-3-18(10-19(17)20)26-14-23-24-15-26/h2-4,10,12,14-16,21-22H,1,5-9,11,13H2/t16-/m0/s1. The predicted molar refractivity (Wildman–Crippen MR) is 105 cm³/mol. The molecule has 6 heteroatoms. The van der Waals surface area contributed by atoms with Gasteiger partial charge in [-0.25, -0.2) is 0 Å². The van der Waals surface area contributed by atoms with Crippen molar-refractivity contribution in [1.29, 1.82) is 0 Å². The first-order valence-electron chi connectivity index (χ1n) is 9.32. The summed E-state index contributed by atoms with van der Waals surface area (Å²) in [7, 11) is 0. The SMILES string of the molecule is C=CCNC[C@@H]1CCN(CCc2c[nH]c3ccc(-n4cnnc4)cc23)C1. The predicted octanol–water partition coefficient (Wildman–Crippen LogP) is 2.39. The zero-order chi connectivity index (χ0) is 17.8. The third-order valence-corrected chi connectivity index (χ3v) is 5.26. The molecule has 0 bridgehead atoms. The minimum Gasteiger partial charge on any atom is -0.361 e. The zero-order valence-electron chi connectivity index (χ0n) is 15.1. The van der Waals surface area contributed by atoms with Gasteiger partial charge in [-0.05, 0) is 55.6 Å². The molecular formula is C20H26N6. The van der Waals surface area contributed by atoms with E-state index in [2.05, 4.69) is 56.4 Å². The van der Waals surface area contributed by atoms with E-state index in [1.165, 1.54) is 36.0 Å². The van der Waals surface area contributed by atoms with Crippen molar-refractivity contribution >= 4 is 10.9 Å². The Hall–Kier alpha value is -2.44. The van der Waals surface area contributed by atoms with Crippen molar-refractivity contribution in [1.82, 2.24) is 30.0 Å². The van der Waals surface area contributed by atoms with E-state index in [1.807, 2.05) is 10.6 Å². The molecule has 1 atom stereocenters. The molecule has 0 amide bonds. The van der Waals surface area contributed by atoms with E-state index < -0.39 is 0 Å². The second-order valence-electron chi connectivity index (χ2n) is 7.07. The molecule has 136 valence electrons. The van der Waals surface area contributed by atoms with Crippen LogP contribution in [-0.4, -0.2) is 57.4 Å². The maximum atomic E-state index is 3.90. The lowest BCUT2D eigenvalue weighted by Gasteiger charge is -2.16. The van der Waals surface area contributed by atoms with Crippen molar-refractivity contribution in [3.8, 4) is 5.69 Å². The van der Waals surface area contributed by atoms with Crippen LogP contribution in [0.5, 0.6) is 0 Å². The number of fused-ring (bicyclic) bond motifs is 1. The second-order valence-corrected chi connectivity index (χ2v) is 7.07. The van der Waals surface area contributed by atoms with Crippen LogP contribution in [0.15, 0.2) is 49.7 Å². The number of benzene rings is 1. The van der Waals surface area contributed by atoms with Crippen molar-refractivity contribution in [2.24, 2.45) is 5.92 Å². The first-order chi connectivity index (χ1) is 12.8. The second kappa shape index (κ2) is 7.85. The molecule has 6 nitrogen and oxygen atoms in total. The van der Waals surface area contributed by atoms with Crippen molar-refractivity contribution in [3.05, 3.63) is 55.3 Å². The van der Waals surface area contributed by atoms with Gasteiger partial charge in [0.1, 0.15) is 12.7 Å². The number of likely N-dealkylation sites (tertiary alicyclic amines) is 1. The van der Waals surface area contributed by atoms with Crippen LogP contribution in [0.25, 0.3) is 16.6 Å². The van der Waals surface area contributed by atoms with Crippen LogP contribution in [-0.2, 0) is 6.42 Å². The molecule has 0 radical (unpaired) electrons. The highest BCUT2D eigenvalue weighted by molar-refractivity contribution is 5.85. The van der Waals surface area contributed by atoms with E-state index in [9.17, 15) is 0 Å². The highest BCUT2D eigenvalue weighted by atomic mass is 15.2. The quantitative estimate of drug-likeness (QED) is 0.484. The van der Waals surface area contributed by atoms with Gasteiger partial charge in [0.25, 0.3) is 0 Å². The fourth-order valence-electron chi connectivity index (χ4n) is 3.82. The van der Waals surface area contributed by atoms with Gasteiger partial charge in [0.2, 0.25) is 0 Å². The number of hydrogen-bond acceptors (Lipinski definition) is 4. The smallest absolute Gasteiger partial charge is 0.123 e. The third-order valence-electron chi connectivity index (χ3n) is 5.26. The van der Waals surface area contributed by atoms with Crippen LogP contribution in [0, 0.1) is 5.92 Å². The molecule has 2 aromatic heterocycles. The first-order valence-corrected chi connectivity index (χ1v) is 9.32. The highest BCUT2D eigenvalue weighted by Crippen LogP contribution is 2.23. The summed E-state index contributed by atoms with van der Waals surface area (Å²) in [6, 6.07) is 6.44. The van der Waals surface area contributed by atoms with E-state index in [0.29, 0.717) is 0 Å². The minimum atomic E-state index is 0.762. The molecule has 1 fully saturated rings. The lowest BCUT2D eigenvalue weighted by molar-refractivity contribution is 0.327. The van der Waals surface area contributed by atoms with Crippen LogP contribution in [0.3, 0.4) is 0 Å². The average Bonchev–Trinajstić information content (AvgIpc) is 3.41. The van der Waals surface area contributed by atoms with E-state index in [4.69, 9.17) is 0 Å². The fourth-order valence-corrected chi connectivity index (χ4v) is 3.82. The summed E-state index contributed by atoms with van der Waals surface area (Å²) in [6.45, 7) is 9.27. The van der Waals surface area contributed by atoms with Crippen molar-refractivity contribution in [2.75, 3.05) is 32.7 Å². The third kappa shape index (κ3) is 3.71. The fraction of sp³-hybridized carbons (Fsp3) is 0.400. The van der Waals surface area contributed by atoms with E-state index in [0.717, 1.165) is 37.7 Å². The Kier molecular flexibility index (Phi) is 5.13. The summed E-state index contributed by atoms with van der Waals surface area (Å²) in [4.78, 5) is 5.99. The van der Waals surface area contributed by atoms with Crippen molar-refractivity contribution in [2.45, 2.75) is 12.8 Å². The maximum Gasteiger partial charge on any atom is 0.123 e. The maximum absolute atomic E-state index is 3.90. The van der Waals surface area contributed by atoms with Gasteiger partial charge in [-0.15, -0.1) is 16.8 Å². The normalized spacial score (nSPS) is 17.9. The van der Waals surface area contributed by atoms with Gasteiger partial charge in [0, 0.05) is 42.4 Å². The number of hydrogen-bond donors (Lipinski definition) is 2. The van der Waals surface area contributed by atoms with Gasteiger partial charge >= 0.3 is 0 Å². The summed E-state index contributed by atoms with van der Waals surface area (Å²) in [5.74, 6) is 0.762. The van der Waals surface area contributed by atoms with E-state index in [1.54, 1.807) is 12.7 Å². The Bertz CT molecular complexity index is 850. The van der Waals surface area contributed by atoms with Crippen LogP contribution >= 0.6 is 0 Å². The Balaban J connectivity index is 1.38. The largest absolute Gasteiger partial charge is 0.361 e. The summed E-state index contributed by atoms with van der Waals surface area (Å²) >= 11 is 0. The topological polar surface area (TPSA) is 61.8 Å². The molecule has 0 unspecified atom stereocenters. The Morgan fingerprint density at radius 2 is 2.19 bits per heavy atom. The summed E-state index contributed by atoms with van der Waals surface area (Å²) in [6.07, 6.45) is 9.91. The Morgan fingerprint density at radius 3 is 3.04 bits per heavy atom. The number of rotatable bonds is 8. The van der Waals surface area contributed by atoms with Crippen LogP contribution in [0.4, 0.5) is 0 Å². The monoisotopic (exact) mass is 350 g/mol. The molecule has 3 aromatic rings. The molecule has 1 saturated heterocycles. The minimum absolute atomic E-state index is 0.762. The molecule has 2 N–H and O–H groups in total. The van der Waals surface area contributed by atoms with Crippen molar-refractivity contribution in [3.63, 3.8) is 0 Å². The molecule has 0 saturated carbocycles. The van der Waals surface area contributed by atoms with Gasteiger partial charge in [-0.2, -0.15) is 0 Å². The van der Waals surface area contributed by atoms with Crippen LogP contribution in [0.1, 0.15) is 12.0 Å². The molecule has 26 heavy (non-hydrogen) atoms. The van der Waals surface area contributed by atoms with Gasteiger partial charge in [-0.3, -0.25) is 4.57 Å². The molecule has 0 spiro atoms. The summed E-state index contributed by atoms with van der Waals surface area (Å²) in [5.41, 5.74) is 3.66. The molecule has 4 rings (SSSR count). The average molecular weight is 350 g/mol. The summed E-state index contributed by atoms with van der Waals surface area (Å²) < 4.78 is 1.94. The molecule has 0 aliphatic carbocycles. The summed E-state index contributed by atoms with van der Waals surface area (Å²) in [5, 5.41) is 12.5. The lowest BCUT2D eigenvalue weighted by Crippen LogP contribution is -2.27. The van der Waals surface area contributed by atoms with Gasteiger partial charge < -0.3 is 15.2 Å². The molecule has 3 heterocycles. The number of aromatic nitrogens is 4. The molecule has 1 aromatic carbocycles. The Labute approximate surface area is 153 Å². The van der Waals surface area contributed by atoms with Gasteiger partial charge in [0.05, 0.1) is 0 Å². The van der Waals surface area contributed by atoms with Crippen LogP contribution in [0.2, 0.25) is 0 Å². The van der Waals surface area contributed by atoms with Crippen molar-refractivity contribution < 1.29 is 0 Å². The van der Waals surface area contributed by atoms with Crippen LogP contribution < -0.4 is 5.32 Å². The van der Waals surface area contributed by atoms with Gasteiger partial charge in [-0.1, -0.05) is 6.08 Å². The van der Waals surface area contributed by atoms with E-state index >= 15 is 0 Å².